The monoisotopic (exact) mass is 263 g/mol. The maximum absolute atomic E-state index is 11.8. The predicted octanol–water partition coefficient (Wildman–Crippen LogP) is 2.08. The van der Waals surface area contributed by atoms with E-state index in [1.807, 2.05) is 30.3 Å². The molecule has 0 bridgehead atoms. The van der Waals surface area contributed by atoms with Crippen molar-refractivity contribution in [2.24, 2.45) is 0 Å². The topological polar surface area (TPSA) is 55.4 Å². The van der Waals surface area contributed by atoms with Crippen LogP contribution in [0.15, 0.2) is 30.3 Å². The first-order valence-corrected chi connectivity index (χ1v) is 6.34. The lowest BCUT2D eigenvalue weighted by atomic mass is 10.1. The second-order valence-corrected chi connectivity index (χ2v) is 5.49. The summed E-state index contributed by atoms with van der Waals surface area (Å²) in [4.78, 5) is 23.5. The predicted molar refractivity (Wildman–Crippen MR) is 73.6 cm³/mol. The average molecular weight is 263 g/mol. The maximum Gasteiger partial charge on any atom is 0.328 e. The number of rotatable bonds is 4. The van der Waals surface area contributed by atoms with Gasteiger partial charge in [0.25, 0.3) is 0 Å². The van der Waals surface area contributed by atoms with E-state index in [9.17, 15) is 9.59 Å². The third-order valence-corrected chi connectivity index (χ3v) is 2.35. The molecule has 0 aliphatic rings. The molecule has 4 nitrogen and oxygen atoms in total. The Morgan fingerprint density at radius 1 is 1.21 bits per heavy atom. The highest BCUT2D eigenvalue weighted by Gasteiger charge is 2.22. The average Bonchev–Trinajstić information content (AvgIpc) is 2.27. The molecule has 104 valence electrons. The van der Waals surface area contributed by atoms with Crippen molar-refractivity contribution in [2.45, 2.75) is 45.8 Å². The van der Waals surface area contributed by atoms with Crippen LogP contribution in [0.4, 0.5) is 0 Å². The largest absolute Gasteiger partial charge is 0.458 e. The van der Waals surface area contributed by atoms with Crippen LogP contribution in [0.25, 0.3) is 0 Å². The summed E-state index contributed by atoms with van der Waals surface area (Å²) >= 11 is 0. The van der Waals surface area contributed by atoms with Gasteiger partial charge in [0, 0.05) is 0 Å². The van der Waals surface area contributed by atoms with Gasteiger partial charge in [0.2, 0.25) is 5.91 Å². The Morgan fingerprint density at radius 3 is 2.32 bits per heavy atom. The zero-order valence-corrected chi connectivity index (χ0v) is 11.9. The van der Waals surface area contributed by atoms with Crippen molar-refractivity contribution in [1.29, 1.82) is 0 Å². The van der Waals surface area contributed by atoms with Crippen molar-refractivity contribution in [3.63, 3.8) is 0 Å². The van der Waals surface area contributed by atoms with Crippen LogP contribution >= 0.6 is 0 Å². The van der Waals surface area contributed by atoms with Gasteiger partial charge in [0.05, 0.1) is 6.42 Å². The van der Waals surface area contributed by atoms with Gasteiger partial charge in [-0.05, 0) is 33.3 Å². The lowest BCUT2D eigenvalue weighted by Gasteiger charge is -2.22. The molecule has 0 spiro atoms. The lowest BCUT2D eigenvalue weighted by Crippen LogP contribution is -2.42. The van der Waals surface area contributed by atoms with Gasteiger partial charge >= 0.3 is 5.97 Å². The Morgan fingerprint density at radius 2 is 1.79 bits per heavy atom. The number of hydrogen-bond acceptors (Lipinski definition) is 3. The fourth-order valence-corrected chi connectivity index (χ4v) is 1.52. The summed E-state index contributed by atoms with van der Waals surface area (Å²) in [5.41, 5.74) is 0.367. The molecule has 19 heavy (non-hydrogen) atoms. The molecule has 0 radical (unpaired) electrons. The van der Waals surface area contributed by atoms with Crippen LogP contribution in [0, 0.1) is 0 Å². The summed E-state index contributed by atoms with van der Waals surface area (Å²) in [6, 6.07) is 8.75. The molecule has 0 aliphatic carbocycles. The van der Waals surface area contributed by atoms with E-state index in [1.165, 1.54) is 0 Å². The van der Waals surface area contributed by atoms with Gasteiger partial charge in [-0.15, -0.1) is 0 Å². The smallest absolute Gasteiger partial charge is 0.328 e. The summed E-state index contributed by atoms with van der Waals surface area (Å²) in [6.45, 7) is 7.01. The molecule has 1 aromatic rings. The zero-order chi connectivity index (χ0) is 14.5. The molecule has 1 aromatic carbocycles. The molecular weight excluding hydrogens is 242 g/mol. The quantitative estimate of drug-likeness (QED) is 0.846. The molecular formula is C15H21NO3. The Balaban J connectivity index is 2.46. The highest BCUT2D eigenvalue weighted by atomic mass is 16.6. The Kier molecular flexibility index (Phi) is 5.10. The first-order valence-electron chi connectivity index (χ1n) is 6.34. The van der Waals surface area contributed by atoms with Gasteiger partial charge in [0.15, 0.2) is 0 Å². The maximum atomic E-state index is 11.8. The van der Waals surface area contributed by atoms with E-state index in [4.69, 9.17) is 4.74 Å². The van der Waals surface area contributed by atoms with Crippen LogP contribution in [-0.2, 0) is 20.7 Å². The molecule has 1 amide bonds. The molecule has 1 N–H and O–H groups in total. The number of carbonyl (C=O) groups excluding carboxylic acids is 2. The molecule has 0 unspecified atom stereocenters. The minimum atomic E-state index is -0.643. The minimum absolute atomic E-state index is 0.190. The summed E-state index contributed by atoms with van der Waals surface area (Å²) in [5, 5.41) is 2.64. The van der Waals surface area contributed by atoms with Crippen molar-refractivity contribution in [2.75, 3.05) is 0 Å². The SMILES string of the molecule is C[C@@H](NC(=O)Cc1ccccc1)C(=O)OC(C)(C)C. The molecule has 0 aromatic heterocycles. The van der Waals surface area contributed by atoms with Gasteiger partial charge in [-0.1, -0.05) is 30.3 Å². The van der Waals surface area contributed by atoms with Crippen LogP contribution in [0.1, 0.15) is 33.3 Å². The number of nitrogens with one attached hydrogen (secondary N) is 1. The molecule has 0 fully saturated rings. The molecule has 0 heterocycles. The molecule has 0 saturated heterocycles. The summed E-state index contributed by atoms with van der Waals surface area (Å²) in [7, 11) is 0. The molecule has 4 heteroatoms. The van der Waals surface area contributed by atoms with Crippen LogP contribution in [0.3, 0.4) is 0 Å². The number of esters is 1. The fraction of sp³-hybridized carbons (Fsp3) is 0.467. The highest BCUT2D eigenvalue weighted by molar-refractivity contribution is 5.85. The lowest BCUT2D eigenvalue weighted by molar-refractivity contribution is -0.158. The third kappa shape index (κ3) is 6.04. The van der Waals surface area contributed by atoms with Crippen molar-refractivity contribution >= 4 is 11.9 Å². The van der Waals surface area contributed by atoms with Crippen molar-refractivity contribution in [3.05, 3.63) is 35.9 Å². The molecule has 1 atom stereocenters. The highest BCUT2D eigenvalue weighted by Crippen LogP contribution is 2.08. The zero-order valence-electron chi connectivity index (χ0n) is 11.9. The van der Waals surface area contributed by atoms with E-state index < -0.39 is 17.6 Å². The van der Waals surface area contributed by atoms with E-state index in [1.54, 1.807) is 27.7 Å². The van der Waals surface area contributed by atoms with Crippen molar-refractivity contribution in [3.8, 4) is 0 Å². The fourth-order valence-electron chi connectivity index (χ4n) is 1.52. The van der Waals surface area contributed by atoms with E-state index >= 15 is 0 Å². The standard InChI is InChI=1S/C15H21NO3/c1-11(14(18)19-15(2,3)4)16-13(17)10-12-8-6-5-7-9-12/h5-9,11H,10H2,1-4H3,(H,16,17)/t11-/m1/s1. The number of benzene rings is 1. The van der Waals surface area contributed by atoms with Crippen LogP contribution < -0.4 is 5.32 Å². The minimum Gasteiger partial charge on any atom is -0.458 e. The van der Waals surface area contributed by atoms with E-state index in [0.29, 0.717) is 0 Å². The van der Waals surface area contributed by atoms with Gasteiger partial charge in [-0.3, -0.25) is 4.79 Å². The third-order valence-electron chi connectivity index (χ3n) is 2.35. The van der Waals surface area contributed by atoms with Crippen LogP contribution in [0.5, 0.6) is 0 Å². The second-order valence-electron chi connectivity index (χ2n) is 5.49. The summed E-state index contributed by atoms with van der Waals surface area (Å²) < 4.78 is 5.20. The van der Waals surface area contributed by atoms with Gasteiger partial charge in [0.1, 0.15) is 11.6 Å². The van der Waals surface area contributed by atoms with Gasteiger partial charge in [-0.25, -0.2) is 4.79 Å². The number of hydrogen-bond donors (Lipinski definition) is 1. The Labute approximate surface area is 114 Å². The van der Waals surface area contributed by atoms with Crippen molar-refractivity contribution in [1.82, 2.24) is 5.32 Å². The Hall–Kier alpha value is -1.84. The normalized spacial score (nSPS) is 12.6. The van der Waals surface area contributed by atoms with Crippen molar-refractivity contribution < 1.29 is 14.3 Å². The van der Waals surface area contributed by atoms with E-state index in [2.05, 4.69) is 5.32 Å². The Bertz CT molecular complexity index is 434. The van der Waals surface area contributed by atoms with Gasteiger partial charge in [-0.2, -0.15) is 0 Å². The first-order chi connectivity index (χ1) is 8.78. The first kappa shape index (κ1) is 15.2. The number of ether oxygens (including phenoxy) is 1. The molecule has 0 aliphatic heterocycles. The molecule has 1 rings (SSSR count). The van der Waals surface area contributed by atoms with E-state index in [0.717, 1.165) is 5.56 Å². The second kappa shape index (κ2) is 6.36. The van der Waals surface area contributed by atoms with E-state index in [-0.39, 0.29) is 12.3 Å². The van der Waals surface area contributed by atoms with Crippen LogP contribution in [0.2, 0.25) is 0 Å². The van der Waals surface area contributed by atoms with Crippen LogP contribution in [-0.4, -0.2) is 23.5 Å². The number of carbonyl (C=O) groups is 2. The summed E-state index contributed by atoms with van der Waals surface area (Å²) in [5.74, 6) is -0.613. The molecule has 0 saturated carbocycles. The summed E-state index contributed by atoms with van der Waals surface area (Å²) in [6.07, 6.45) is 0.258. The van der Waals surface area contributed by atoms with Gasteiger partial charge < -0.3 is 10.1 Å². The number of amides is 1.